The molecule has 0 spiro atoms. The van der Waals surface area contributed by atoms with Gasteiger partial charge in [0.1, 0.15) is 11.5 Å². The summed E-state index contributed by atoms with van der Waals surface area (Å²) in [7, 11) is 2.26. The summed E-state index contributed by atoms with van der Waals surface area (Å²) in [5, 5.41) is 20.9. The number of phenols is 2. The number of aromatic hydroxyl groups is 2. The quantitative estimate of drug-likeness (QED) is 0.201. The number of unbranched alkanes of at least 4 members (excludes halogenated alkanes) is 9. The lowest BCUT2D eigenvalue weighted by Gasteiger charge is -2.15. The van der Waals surface area contributed by atoms with E-state index in [0.717, 1.165) is 16.7 Å². The van der Waals surface area contributed by atoms with Crippen molar-refractivity contribution < 1.29 is 10.2 Å². The van der Waals surface area contributed by atoms with Gasteiger partial charge >= 0.3 is 0 Å². The molecule has 0 amide bonds. The van der Waals surface area contributed by atoms with Gasteiger partial charge in [-0.15, -0.1) is 11.3 Å². The predicted molar refractivity (Wildman–Crippen MR) is 148 cm³/mol. The summed E-state index contributed by atoms with van der Waals surface area (Å²) in [6, 6.07) is 13.2. The van der Waals surface area contributed by atoms with Crippen molar-refractivity contribution in [2.75, 3.05) is 20.1 Å². The molecule has 4 heteroatoms. The predicted octanol–water partition coefficient (Wildman–Crippen LogP) is 8.76. The number of phenolic OH excluding ortho intramolecular Hbond substituents is 2. The zero-order valence-corrected chi connectivity index (χ0v) is 22.0. The molecule has 3 nitrogen and oxygen atoms in total. The molecule has 1 aromatic heterocycles. The van der Waals surface area contributed by atoms with E-state index in [9.17, 15) is 10.2 Å². The van der Waals surface area contributed by atoms with Crippen LogP contribution in [0.3, 0.4) is 0 Å². The highest BCUT2D eigenvalue weighted by Gasteiger charge is 2.14. The van der Waals surface area contributed by atoms with Crippen molar-refractivity contribution in [3.8, 4) is 21.9 Å². The van der Waals surface area contributed by atoms with Gasteiger partial charge in [0.15, 0.2) is 0 Å². The van der Waals surface area contributed by atoms with Crippen molar-refractivity contribution in [1.29, 1.82) is 0 Å². The third kappa shape index (κ3) is 8.32. The number of rotatable bonds is 16. The fourth-order valence-corrected chi connectivity index (χ4v) is 5.98. The Morgan fingerprint density at radius 3 is 1.97 bits per heavy atom. The Bertz CT molecular complexity index is 979. The third-order valence-electron chi connectivity index (χ3n) is 6.77. The Morgan fingerprint density at radius 1 is 0.706 bits per heavy atom. The van der Waals surface area contributed by atoms with E-state index < -0.39 is 0 Å². The van der Waals surface area contributed by atoms with Crippen molar-refractivity contribution in [1.82, 2.24) is 4.90 Å². The Balaban J connectivity index is 1.38. The minimum atomic E-state index is 0.295. The molecular weight excluding hydrogens is 438 g/mol. The average Bonchev–Trinajstić information content (AvgIpc) is 3.19. The number of benzene rings is 2. The maximum Gasteiger partial charge on any atom is 0.117 e. The molecule has 0 unspecified atom stereocenters. The van der Waals surface area contributed by atoms with Gasteiger partial charge in [-0.05, 0) is 105 Å². The van der Waals surface area contributed by atoms with E-state index in [0.29, 0.717) is 11.5 Å². The Kier molecular flexibility index (Phi) is 11.2. The lowest BCUT2D eigenvalue weighted by Crippen LogP contribution is -2.20. The van der Waals surface area contributed by atoms with Gasteiger partial charge in [0.2, 0.25) is 0 Å². The molecule has 3 aromatic rings. The summed E-state index contributed by atoms with van der Waals surface area (Å²) in [4.78, 5) is 3.75. The van der Waals surface area contributed by atoms with Crippen LogP contribution in [0.15, 0.2) is 42.5 Å². The number of fused-ring (bicyclic) bond motifs is 1. The van der Waals surface area contributed by atoms with Gasteiger partial charge in [-0.2, -0.15) is 0 Å². The molecule has 0 atom stereocenters. The summed E-state index contributed by atoms with van der Waals surface area (Å²) in [5.74, 6) is 0.615. The van der Waals surface area contributed by atoms with Gasteiger partial charge < -0.3 is 15.1 Å². The van der Waals surface area contributed by atoms with E-state index in [4.69, 9.17) is 0 Å². The molecule has 0 bridgehead atoms. The highest BCUT2D eigenvalue weighted by atomic mass is 32.1. The summed E-state index contributed by atoms with van der Waals surface area (Å²) < 4.78 is 1.13. The number of thiophene rings is 1. The van der Waals surface area contributed by atoms with Crippen LogP contribution in [0.5, 0.6) is 11.5 Å². The molecule has 0 saturated heterocycles. The summed E-state index contributed by atoms with van der Waals surface area (Å²) >= 11 is 1.74. The van der Waals surface area contributed by atoms with E-state index in [2.05, 4.69) is 24.9 Å². The summed E-state index contributed by atoms with van der Waals surface area (Å²) in [6.07, 6.45) is 15.6. The second-order valence-corrected chi connectivity index (χ2v) is 10.8. The first kappa shape index (κ1) is 26.6. The zero-order chi connectivity index (χ0) is 24.2. The van der Waals surface area contributed by atoms with Gasteiger partial charge in [-0.25, -0.2) is 0 Å². The molecule has 1 heterocycles. The molecule has 2 N–H and O–H groups in total. The number of hydrogen-bond acceptors (Lipinski definition) is 4. The van der Waals surface area contributed by atoms with Gasteiger partial charge in [0, 0.05) is 9.58 Å². The van der Waals surface area contributed by atoms with Crippen LogP contribution >= 0.6 is 11.3 Å². The van der Waals surface area contributed by atoms with E-state index in [-0.39, 0.29) is 0 Å². The Morgan fingerprint density at radius 2 is 1.29 bits per heavy atom. The molecule has 34 heavy (non-hydrogen) atoms. The highest BCUT2D eigenvalue weighted by molar-refractivity contribution is 7.22. The SMILES string of the molecule is CCCCN(C)CCCCCCCCCCCc1c(-c2ccc(O)cc2)sc2cc(O)ccc12. The fourth-order valence-electron chi connectivity index (χ4n) is 4.69. The molecule has 0 aliphatic carbocycles. The maximum absolute atomic E-state index is 9.93. The van der Waals surface area contributed by atoms with Gasteiger partial charge in [-0.3, -0.25) is 0 Å². The third-order valence-corrected chi connectivity index (χ3v) is 8.01. The monoisotopic (exact) mass is 481 g/mol. The molecule has 0 aliphatic heterocycles. The summed E-state index contributed by atoms with van der Waals surface area (Å²) in [5.41, 5.74) is 2.53. The first-order chi connectivity index (χ1) is 16.6. The highest BCUT2D eigenvalue weighted by Crippen LogP contribution is 2.41. The number of hydrogen-bond donors (Lipinski definition) is 2. The van der Waals surface area contributed by atoms with Gasteiger partial charge in [-0.1, -0.05) is 58.3 Å². The Hall–Kier alpha value is -2.04. The average molecular weight is 482 g/mol. The van der Waals surface area contributed by atoms with Gasteiger partial charge in [0.05, 0.1) is 0 Å². The van der Waals surface area contributed by atoms with Crippen LogP contribution in [0, 0.1) is 0 Å². The van der Waals surface area contributed by atoms with E-state index in [1.165, 1.54) is 99.5 Å². The molecule has 3 rings (SSSR count). The lowest BCUT2D eigenvalue weighted by molar-refractivity contribution is 0.318. The van der Waals surface area contributed by atoms with Crippen molar-refractivity contribution in [3.63, 3.8) is 0 Å². The maximum atomic E-state index is 9.93. The molecule has 0 aliphatic rings. The molecule has 0 fully saturated rings. The molecule has 0 saturated carbocycles. The van der Waals surface area contributed by atoms with E-state index >= 15 is 0 Å². The van der Waals surface area contributed by atoms with Crippen molar-refractivity contribution in [3.05, 3.63) is 48.0 Å². The number of aryl methyl sites for hydroxylation is 1. The standard InChI is InChI=1S/C30H43NO2S/c1-3-4-21-31(2)22-13-11-9-7-5-6-8-10-12-14-28-27-20-19-26(33)23-29(27)34-30(28)24-15-17-25(32)18-16-24/h15-20,23,32-33H,3-14,21-22H2,1-2H3. The minimum Gasteiger partial charge on any atom is -0.508 e. The van der Waals surface area contributed by atoms with Crippen LogP contribution in [0.4, 0.5) is 0 Å². The fraction of sp³-hybridized carbons (Fsp3) is 0.533. The van der Waals surface area contributed by atoms with Crippen LogP contribution in [-0.2, 0) is 6.42 Å². The van der Waals surface area contributed by atoms with Crippen molar-refractivity contribution >= 4 is 21.4 Å². The van der Waals surface area contributed by atoms with Crippen LogP contribution in [0.2, 0.25) is 0 Å². The van der Waals surface area contributed by atoms with Gasteiger partial charge in [0.25, 0.3) is 0 Å². The van der Waals surface area contributed by atoms with Crippen molar-refractivity contribution in [2.24, 2.45) is 0 Å². The number of nitrogens with zero attached hydrogens (tertiary/aromatic N) is 1. The topological polar surface area (TPSA) is 43.7 Å². The second-order valence-electron chi connectivity index (χ2n) is 9.73. The van der Waals surface area contributed by atoms with Crippen LogP contribution < -0.4 is 0 Å². The Labute approximate surface area is 210 Å². The minimum absolute atomic E-state index is 0.295. The second kappa shape index (κ2) is 14.4. The van der Waals surface area contributed by atoms with Crippen LogP contribution in [-0.4, -0.2) is 35.3 Å². The molecule has 186 valence electrons. The first-order valence-electron chi connectivity index (χ1n) is 13.3. The first-order valence-corrected chi connectivity index (χ1v) is 14.1. The zero-order valence-electron chi connectivity index (χ0n) is 21.2. The van der Waals surface area contributed by atoms with Crippen molar-refractivity contribution in [2.45, 2.75) is 84.0 Å². The molecule has 0 radical (unpaired) electrons. The van der Waals surface area contributed by atoms with Crippen LogP contribution in [0.1, 0.15) is 83.1 Å². The lowest BCUT2D eigenvalue weighted by atomic mass is 9.99. The normalized spacial score (nSPS) is 11.6. The largest absolute Gasteiger partial charge is 0.508 e. The van der Waals surface area contributed by atoms with E-state index in [1.807, 2.05) is 18.2 Å². The van der Waals surface area contributed by atoms with E-state index in [1.54, 1.807) is 29.5 Å². The molecular formula is C30H43NO2S. The smallest absolute Gasteiger partial charge is 0.117 e. The molecule has 2 aromatic carbocycles. The summed E-state index contributed by atoms with van der Waals surface area (Å²) in [6.45, 7) is 4.76. The van der Waals surface area contributed by atoms with Crippen LogP contribution in [0.25, 0.3) is 20.5 Å².